The van der Waals surface area contributed by atoms with Crippen LogP contribution < -0.4 is 4.90 Å². The fraction of sp³-hybridized carbons (Fsp3) is 0.214. The third-order valence-electron chi connectivity index (χ3n) is 2.66. The van der Waals surface area contributed by atoms with E-state index >= 15 is 0 Å². The molecule has 0 fully saturated rings. The van der Waals surface area contributed by atoms with Crippen LogP contribution in [0.5, 0.6) is 0 Å². The Kier molecular flexibility index (Phi) is 4.81. The number of anilines is 1. The molecule has 0 atom stereocenters. The zero-order valence-electron chi connectivity index (χ0n) is 10.5. The Bertz CT molecular complexity index is 512. The Balaban J connectivity index is 2.06. The summed E-state index contributed by atoms with van der Waals surface area (Å²) in [4.78, 5) is 2.19. The van der Waals surface area contributed by atoms with Gasteiger partial charge in [-0.05, 0) is 51.4 Å². The third-order valence-corrected chi connectivity index (χ3v) is 4.21. The average Bonchev–Trinajstić information content (AvgIpc) is 2.46. The van der Waals surface area contributed by atoms with Crippen molar-refractivity contribution < 1.29 is 0 Å². The van der Waals surface area contributed by atoms with Crippen LogP contribution in [0.4, 0.5) is 11.4 Å². The van der Waals surface area contributed by atoms with Crippen molar-refractivity contribution in [3.8, 4) is 0 Å². The van der Waals surface area contributed by atoms with Gasteiger partial charge in [-0.25, -0.2) is 0 Å². The molecule has 0 N–H and O–H groups in total. The summed E-state index contributed by atoms with van der Waals surface area (Å²) in [6.07, 6.45) is 4.08. The Labute approximate surface area is 118 Å². The Morgan fingerprint density at radius 3 is 2.56 bits per heavy atom. The molecule has 1 aromatic carbocycles. The lowest BCUT2D eigenvalue weighted by molar-refractivity contribution is 0.968. The molecule has 1 aliphatic heterocycles. The quantitative estimate of drug-likeness (QED) is 0.582. The first-order chi connectivity index (χ1) is 8.79. The smallest absolute Gasteiger partial charge is 0.0865 e. The molecule has 3 nitrogen and oxygen atoms in total. The Hall–Kier alpha value is -1.30. The molecule has 0 aliphatic carbocycles. The first-order valence-electron chi connectivity index (χ1n) is 5.84. The molecule has 18 heavy (non-hydrogen) atoms. The van der Waals surface area contributed by atoms with Crippen LogP contribution in [0.25, 0.3) is 0 Å². The molecular formula is C14H16IN3. The molecule has 0 saturated heterocycles. The Morgan fingerprint density at radius 1 is 1.17 bits per heavy atom. The van der Waals surface area contributed by atoms with E-state index in [2.05, 4.69) is 49.3 Å². The van der Waals surface area contributed by atoms with E-state index in [1.54, 1.807) is 0 Å². The maximum atomic E-state index is 4.24. The van der Waals surface area contributed by atoms with Gasteiger partial charge in [0.15, 0.2) is 0 Å². The highest BCUT2D eigenvalue weighted by Crippen LogP contribution is 2.20. The molecule has 0 unspecified atom stereocenters. The first kappa shape index (κ1) is 13.1. The predicted molar refractivity (Wildman–Crippen MR) is 87.2 cm³/mol. The molecule has 94 valence electrons. The van der Waals surface area contributed by atoms with Crippen molar-refractivity contribution in [2.75, 3.05) is 18.5 Å². The van der Waals surface area contributed by atoms with E-state index in [9.17, 15) is 0 Å². The first-order valence-corrected chi connectivity index (χ1v) is 8.33. The molecule has 0 saturated carbocycles. The van der Waals surface area contributed by atoms with Gasteiger partial charge in [-0.1, -0.05) is 20.7 Å². The highest BCUT2D eigenvalue weighted by atomic mass is 127. The van der Waals surface area contributed by atoms with Gasteiger partial charge < -0.3 is 4.90 Å². The second-order valence-electron chi connectivity index (χ2n) is 3.87. The van der Waals surface area contributed by atoms with Gasteiger partial charge in [0.05, 0.1) is 11.4 Å². The van der Waals surface area contributed by atoms with Gasteiger partial charge in [0.2, 0.25) is 0 Å². The van der Waals surface area contributed by atoms with Gasteiger partial charge >= 0.3 is 0 Å². The number of azo groups is 1. The molecule has 0 aromatic heterocycles. The Morgan fingerprint density at radius 2 is 1.94 bits per heavy atom. The highest BCUT2D eigenvalue weighted by Gasteiger charge is 1.97. The van der Waals surface area contributed by atoms with Gasteiger partial charge in [-0.3, -0.25) is 0 Å². The van der Waals surface area contributed by atoms with Crippen molar-refractivity contribution >= 4 is 36.1 Å². The van der Waals surface area contributed by atoms with Crippen molar-refractivity contribution in [1.29, 1.82) is 0 Å². The number of halogens is 1. The number of nitrogens with zero attached hydrogens (tertiary/aromatic N) is 3. The third kappa shape index (κ3) is 3.60. The van der Waals surface area contributed by atoms with Crippen LogP contribution in [-0.2, 0) is 0 Å². The summed E-state index contributed by atoms with van der Waals surface area (Å²) >= 11 is 0.118. The van der Waals surface area contributed by atoms with Crippen molar-refractivity contribution in [3.63, 3.8) is 0 Å². The fourth-order valence-corrected chi connectivity index (χ4v) is 2.83. The average molecular weight is 353 g/mol. The van der Waals surface area contributed by atoms with E-state index in [0.717, 1.165) is 17.9 Å². The minimum Gasteiger partial charge on any atom is -0.375 e. The van der Waals surface area contributed by atoms with Crippen LogP contribution in [-0.4, -0.2) is 17.6 Å². The molecule has 4 heteroatoms. The van der Waals surface area contributed by atoms with Gasteiger partial charge in [0, 0.05) is 19.3 Å². The van der Waals surface area contributed by atoms with Crippen LogP contribution in [0, 0.1) is 0 Å². The zero-order valence-corrected chi connectivity index (χ0v) is 12.7. The van der Waals surface area contributed by atoms with Crippen molar-refractivity contribution in [3.05, 3.63) is 46.2 Å². The number of hydrogen-bond acceptors (Lipinski definition) is 3. The summed E-state index contributed by atoms with van der Waals surface area (Å²) in [5.74, 6) is 0. The maximum Gasteiger partial charge on any atom is 0.0865 e. The van der Waals surface area contributed by atoms with Crippen LogP contribution >= 0.6 is 20.7 Å². The second-order valence-corrected chi connectivity index (χ2v) is 6.02. The molecule has 0 radical (unpaired) electrons. The lowest BCUT2D eigenvalue weighted by Gasteiger charge is -2.16. The van der Waals surface area contributed by atoms with E-state index in [-0.39, 0.29) is 20.7 Å². The molecule has 1 heterocycles. The van der Waals surface area contributed by atoms with Gasteiger partial charge in [0.1, 0.15) is 0 Å². The molecule has 1 aromatic rings. The topological polar surface area (TPSA) is 28.0 Å². The van der Waals surface area contributed by atoms with Crippen molar-refractivity contribution in [2.24, 2.45) is 10.2 Å². The minimum absolute atomic E-state index is 0.118. The predicted octanol–water partition coefficient (Wildman–Crippen LogP) is 4.41. The fourth-order valence-electron chi connectivity index (χ4n) is 1.44. The van der Waals surface area contributed by atoms with Crippen LogP contribution in [0.15, 0.2) is 56.4 Å². The number of allylic oxidation sites excluding steroid dienone is 2. The molecule has 2 rings (SSSR count). The summed E-state index contributed by atoms with van der Waals surface area (Å²) in [5, 5.41) is 8.46. The monoisotopic (exact) mass is 353 g/mol. The number of benzene rings is 1. The summed E-state index contributed by atoms with van der Waals surface area (Å²) < 4.78 is 4.37. The van der Waals surface area contributed by atoms with E-state index < -0.39 is 0 Å². The van der Waals surface area contributed by atoms with E-state index in [4.69, 9.17) is 0 Å². The van der Waals surface area contributed by atoms with E-state index in [1.807, 2.05) is 24.3 Å². The highest BCUT2D eigenvalue weighted by molar-refractivity contribution is 14.2. The van der Waals surface area contributed by atoms with Crippen molar-refractivity contribution in [2.45, 2.75) is 6.92 Å². The maximum absolute atomic E-state index is 4.24. The van der Waals surface area contributed by atoms with E-state index in [0.29, 0.717) is 0 Å². The van der Waals surface area contributed by atoms with Crippen LogP contribution in [0.2, 0.25) is 0 Å². The molecule has 0 bridgehead atoms. The largest absolute Gasteiger partial charge is 0.375 e. The lowest BCUT2D eigenvalue weighted by atomic mass is 10.2. The van der Waals surface area contributed by atoms with Gasteiger partial charge in [-0.15, -0.1) is 0 Å². The second kappa shape index (κ2) is 6.58. The van der Waals surface area contributed by atoms with Crippen LogP contribution in [0.3, 0.4) is 0 Å². The lowest BCUT2D eigenvalue weighted by Crippen LogP contribution is -2.15. The summed E-state index contributed by atoms with van der Waals surface area (Å²) in [6, 6.07) is 8.13. The van der Waals surface area contributed by atoms with Crippen molar-refractivity contribution in [1.82, 2.24) is 0 Å². The van der Waals surface area contributed by atoms with E-state index in [1.165, 1.54) is 5.69 Å². The normalized spacial score (nSPS) is 14.4. The van der Waals surface area contributed by atoms with Crippen LogP contribution in [0.1, 0.15) is 6.92 Å². The zero-order chi connectivity index (χ0) is 12.8. The standard InChI is InChI=1S/C14H16IN3/c1-3-18(2)14-6-4-12(5-7-14)16-17-13-8-10-15-11-9-13/h4-11H,3H2,1-2H3. The molecule has 0 spiro atoms. The number of hydrogen-bond donors (Lipinski definition) is 0. The SMILES string of the molecule is CCN(C)c1ccc(N=NC2=CC=IC=C2)cc1. The summed E-state index contributed by atoms with van der Waals surface area (Å²) in [5.41, 5.74) is 3.01. The number of rotatable bonds is 4. The summed E-state index contributed by atoms with van der Waals surface area (Å²) in [7, 11) is 2.08. The van der Waals surface area contributed by atoms with Gasteiger partial charge in [0.25, 0.3) is 0 Å². The molecular weight excluding hydrogens is 337 g/mol. The minimum atomic E-state index is 0.118. The van der Waals surface area contributed by atoms with Gasteiger partial charge in [-0.2, -0.15) is 10.2 Å². The molecule has 0 amide bonds. The summed E-state index contributed by atoms with van der Waals surface area (Å²) in [6.45, 7) is 3.13. The molecule has 1 aliphatic rings.